The van der Waals surface area contributed by atoms with Crippen LogP contribution in [0.2, 0.25) is 0 Å². The molecule has 0 radical (unpaired) electrons. The average molecular weight is 2050 g/mol. The second-order valence-corrected chi connectivity index (χ2v) is 36.2. The number of carbonyl (C=O) groups is 8. The molecule has 143 heavy (non-hydrogen) atoms. The second-order valence-electron chi connectivity index (χ2n) is 36.2. The van der Waals surface area contributed by atoms with E-state index in [0.29, 0.717) is 31.4 Å². The van der Waals surface area contributed by atoms with Gasteiger partial charge in [-0.15, -0.1) is 10.2 Å². The summed E-state index contributed by atoms with van der Waals surface area (Å²) >= 11 is 0. The maximum absolute atomic E-state index is 14.5. The Labute approximate surface area is 817 Å². The lowest BCUT2D eigenvalue weighted by atomic mass is 9.81. The van der Waals surface area contributed by atoms with Crippen LogP contribution in [0.4, 0.5) is 0 Å². The van der Waals surface area contributed by atoms with Crippen LogP contribution >= 0.6 is 0 Å². The first-order valence-corrected chi connectivity index (χ1v) is 47.7. The van der Waals surface area contributed by atoms with E-state index < -0.39 is 292 Å². The summed E-state index contributed by atoms with van der Waals surface area (Å²) in [6.45, 7) is 2.22. The van der Waals surface area contributed by atoms with Gasteiger partial charge in [-0.3, -0.25) is 48.3 Å². The molecule has 55 nitrogen and oxygen atoms in total. The zero-order valence-corrected chi connectivity index (χ0v) is 80.1. The number of aliphatic carboxylic acids is 2. The van der Waals surface area contributed by atoms with Crippen molar-refractivity contribution < 1.29 is 180 Å². The van der Waals surface area contributed by atoms with E-state index in [-0.39, 0.29) is 122 Å². The molecule has 10 rings (SSSR count). The van der Waals surface area contributed by atoms with Crippen molar-refractivity contribution in [2.45, 2.75) is 316 Å². The van der Waals surface area contributed by atoms with Crippen molar-refractivity contribution in [1.29, 1.82) is 0 Å². The van der Waals surface area contributed by atoms with Gasteiger partial charge in [-0.25, -0.2) is 28.5 Å². The normalized spacial score (nSPS) is 27.5. The van der Waals surface area contributed by atoms with E-state index in [2.05, 4.69) is 51.9 Å². The number of aromatic amines is 4. The molecule has 0 spiro atoms. The molecule has 804 valence electrons. The Balaban J connectivity index is 0.690. The molecule has 4 amide bonds. The summed E-state index contributed by atoms with van der Waals surface area (Å²) in [7, 11) is 2.18. The molecule has 6 fully saturated rings. The zero-order valence-electron chi connectivity index (χ0n) is 80.1. The van der Waals surface area contributed by atoms with Gasteiger partial charge in [-0.1, -0.05) is 74.6 Å². The van der Waals surface area contributed by atoms with Crippen LogP contribution in [0.1, 0.15) is 163 Å². The smallest absolute Gasteiger partial charge is 0.332 e. The summed E-state index contributed by atoms with van der Waals surface area (Å²) in [5, 5.41) is 156. The van der Waals surface area contributed by atoms with Crippen LogP contribution < -0.4 is 43.8 Å². The van der Waals surface area contributed by atoms with Crippen LogP contribution in [0.25, 0.3) is 0 Å². The molecule has 4 aromatic heterocycles. The second kappa shape index (κ2) is 57.5. The van der Waals surface area contributed by atoms with Crippen molar-refractivity contribution in [2.75, 3.05) is 93.5 Å². The van der Waals surface area contributed by atoms with E-state index in [9.17, 15) is 119 Å². The number of H-pyrrole nitrogens is 4. The number of aliphatic hydroxyl groups is 10. The molecule has 3 saturated carbocycles. The molecule has 0 bridgehead atoms. The summed E-state index contributed by atoms with van der Waals surface area (Å²) in [4.78, 5) is 167. The van der Waals surface area contributed by atoms with Gasteiger partial charge in [0.2, 0.25) is 11.8 Å². The minimum Gasteiger partial charge on any atom is -0.479 e. The van der Waals surface area contributed by atoms with Crippen molar-refractivity contribution in [3.05, 3.63) is 89.0 Å². The molecule has 4 aromatic rings. The minimum absolute atomic E-state index is 0.00553. The van der Waals surface area contributed by atoms with Crippen LogP contribution in [-0.4, -0.2) is 411 Å². The van der Waals surface area contributed by atoms with Gasteiger partial charge in [-0.05, 0) is 78.1 Å². The maximum Gasteiger partial charge on any atom is 0.332 e. The Morgan fingerprint density at radius 3 is 1.51 bits per heavy atom. The third kappa shape index (κ3) is 35.1. The predicted octanol–water partition coefficient (Wildman–Crippen LogP) is -6.62. The largest absolute Gasteiger partial charge is 0.479 e. The standard InChI is InChI=1S/C88H136N14O41/c1-43(25-49(82(123)127-5)28-51(89-78(117)55-31-63(107)95-87(125)91-55)42-134-86-74(116)73(115)70(112)45(3)137-86)135-84-67(76(71(113)61(38-104)142-84)139-59(80(119)120)26-47-13-9-7-10-14-47)93-65(109)35-101-33-52(97-99-101)40-132-23-21-130-19-17-129-18-20-131-22-24-133-41-53-34-102(100-98-53)36-66(110)94-68-77(140-60(81(121)122)27-48-15-11-8-12-16-48)72(114)62(39-105)143-85(68)141-58-30-50(83(124)128-6)29-54(90-79(118)56-32-64(108)96-88(126)92-56)75(58)138-46(4)136-44(2)69(111)57(106)37-103/h31-34,43-51,54,57-62,67-77,84-86,103-106,111-116H,7-30,35-42H2,1-6H3,(H,89,117)(H,90,118)(H,93,109)(H,94,110)(H,119,120)(H,121,122)(H2,91,95,107,125)(H2,92,96,108,126)/t43-,44?,45?,46-,49?,50?,51+,54?,57+,58?,59-,60-,61-,62-,67?,68?,69?,70?,71?,72?,73?,74?,75?,76?,77?,84+,85+,86?/m0/s1. The van der Waals surface area contributed by atoms with Crippen LogP contribution in [0.15, 0.2) is 43.7 Å². The number of esters is 2. The van der Waals surface area contributed by atoms with Gasteiger partial charge in [0.05, 0.1) is 167 Å². The summed E-state index contributed by atoms with van der Waals surface area (Å²) in [6.07, 6.45) is -24.8. The summed E-state index contributed by atoms with van der Waals surface area (Å²) < 4.78 is 103. The lowest BCUT2D eigenvalue weighted by Crippen LogP contribution is -2.68. The molecule has 18 unspecified atom stereocenters. The number of carboxylic acid groups (broad SMARTS) is 2. The molecule has 3 aliphatic carbocycles. The third-order valence-electron chi connectivity index (χ3n) is 25.4. The first-order chi connectivity index (χ1) is 68.4. The Kier molecular flexibility index (Phi) is 46.4. The number of nitrogens with one attached hydrogen (secondary N) is 8. The number of amides is 4. The van der Waals surface area contributed by atoms with Gasteiger partial charge >= 0.3 is 35.3 Å². The molecular formula is C88H136N14O41. The summed E-state index contributed by atoms with van der Waals surface area (Å²) in [6, 6.07) is -4.25. The van der Waals surface area contributed by atoms with E-state index in [4.69, 9.17) is 80.5 Å². The SMILES string of the molecule is COC(=O)C1CC(NC(=O)c2cc(=O)[nH]c(=O)[nH]2)C(O[C@@H](C)OC(C)C(O)[C@H](O)CO)C(O[C@@H]2O[C@@H](CO)C(O)C(O[C@@H](CC3CCCCC3)C(=O)O)C2NC(=O)Cn2cc(COCCOCCOCCOCCOCc3cn(CC(=O)NC4C(O[C@@H](CC5CCCCC5)C(=O)O)C(O)[C@H](CO)O[C@H]4O[C@@H](C)CC(C[C@H](COC4OC(C)C(O)C(O)C4O)NC(=O)c4cc(=O)[nH]c(=O)[nH]4)C(=O)OC)nn3)nn2)C1. The predicted molar refractivity (Wildman–Crippen MR) is 479 cm³/mol. The van der Waals surface area contributed by atoms with E-state index in [1.165, 1.54) is 44.8 Å². The minimum atomic E-state index is -1.86. The van der Waals surface area contributed by atoms with E-state index in [1.807, 2.05) is 9.97 Å². The highest BCUT2D eigenvalue weighted by molar-refractivity contribution is 5.93. The van der Waals surface area contributed by atoms with Gasteiger partial charge in [0.25, 0.3) is 22.9 Å². The van der Waals surface area contributed by atoms with Crippen LogP contribution in [0.3, 0.4) is 0 Å². The first kappa shape index (κ1) is 115. The fourth-order valence-electron chi connectivity index (χ4n) is 18.1. The number of carboxylic acids is 2. The number of rotatable bonds is 58. The monoisotopic (exact) mass is 2040 g/mol. The number of nitrogens with zero attached hydrogens (tertiary/aromatic N) is 6. The third-order valence-corrected chi connectivity index (χ3v) is 25.4. The Morgan fingerprint density at radius 2 is 1.03 bits per heavy atom. The van der Waals surface area contributed by atoms with Crippen molar-refractivity contribution in [3.63, 3.8) is 0 Å². The molecular weight excluding hydrogens is 1910 g/mol. The number of hydrogen-bond acceptors (Lipinski definition) is 43. The lowest BCUT2D eigenvalue weighted by molar-refractivity contribution is -0.312. The summed E-state index contributed by atoms with van der Waals surface area (Å²) in [5.41, 5.74) is -4.38. The van der Waals surface area contributed by atoms with E-state index in [0.717, 1.165) is 69.6 Å². The quantitative estimate of drug-likeness (QED) is 0.0111. The van der Waals surface area contributed by atoms with Gasteiger partial charge in [0, 0.05) is 12.1 Å². The zero-order chi connectivity index (χ0) is 104. The molecule has 3 aliphatic heterocycles. The van der Waals surface area contributed by atoms with Crippen LogP contribution in [0.5, 0.6) is 0 Å². The number of hydrogen-bond donors (Lipinski definition) is 20. The highest BCUT2D eigenvalue weighted by atomic mass is 16.7. The van der Waals surface area contributed by atoms with Gasteiger partial charge < -0.3 is 173 Å². The molecule has 3 saturated heterocycles. The lowest BCUT2D eigenvalue weighted by Gasteiger charge is -2.48. The Morgan fingerprint density at radius 1 is 0.545 bits per heavy atom. The number of aromatic nitrogens is 10. The van der Waals surface area contributed by atoms with E-state index in [1.54, 1.807) is 0 Å². The molecule has 20 N–H and O–H groups in total. The van der Waals surface area contributed by atoms with E-state index >= 15 is 0 Å². The average Bonchev–Trinajstić information content (AvgIpc) is 1.13. The number of aliphatic hydroxyl groups excluding tert-OH is 10. The number of carbonyl (C=O) groups excluding carboxylic acids is 6. The highest BCUT2D eigenvalue weighted by Gasteiger charge is 2.55. The van der Waals surface area contributed by atoms with Gasteiger partial charge in [0.15, 0.2) is 37.4 Å². The van der Waals surface area contributed by atoms with Crippen LogP contribution in [0, 0.1) is 23.7 Å². The van der Waals surface area contributed by atoms with Crippen molar-refractivity contribution in [2.24, 2.45) is 23.7 Å². The highest BCUT2D eigenvalue weighted by Crippen LogP contribution is 2.39. The van der Waals surface area contributed by atoms with Gasteiger partial charge in [0.1, 0.15) is 121 Å². The molecule has 55 heteroatoms. The van der Waals surface area contributed by atoms with Crippen LogP contribution in [-0.2, 0) is 136 Å². The van der Waals surface area contributed by atoms with Crippen molar-refractivity contribution in [3.8, 4) is 0 Å². The number of ether oxygens (including phenoxy) is 17. The van der Waals surface area contributed by atoms with Crippen molar-refractivity contribution >= 4 is 47.5 Å². The molecule has 0 aromatic carbocycles. The number of methoxy groups -OCH3 is 2. The maximum atomic E-state index is 14.5. The van der Waals surface area contributed by atoms with Gasteiger partial charge in [-0.2, -0.15) is 0 Å². The molecule has 6 aliphatic rings. The Hall–Kier alpha value is -9.60. The summed E-state index contributed by atoms with van der Waals surface area (Å²) in [5.74, 6) is -10.7. The Bertz CT molecular complexity index is 4820. The van der Waals surface area contributed by atoms with Crippen molar-refractivity contribution in [1.82, 2.24) is 71.2 Å². The molecule has 28 atom stereocenters. The topological polar surface area (TPSA) is 777 Å². The first-order valence-electron chi connectivity index (χ1n) is 47.7. The molecule has 7 heterocycles. The fourth-order valence-corrected chi connectivity index (χ4v) is 18.1. The fraction of sp³-hybridized carbons (Fsp3) is 0.773.